The summed E-state index contributed by atoms with van der Waals surface area (Å²) in [7, 11) is 3.68. The molecular weight excluding hydrogens is 250 g/mol. The average Bonchev–Trinajstić information content (AvgIpc) is 2.62. The molecule has 1 N–H and O–H groups in total. The minimum atomic E-state index is -0.0804. The number of hydrogen-bond donors (Lipinski definition) is 1. The Morgan fingerprint density at radius 2 is 1.80 bits per heavy atom. The highest BCUT2D eigenvalue weighted by Gasteiger charge is 2.30. The number of nitrogens with zero attached hydrogens (tertiary/aromatic N) is 2. The third kappa shape index (κ3) is 3.11. The van der Waals surface area contributed by atoms with Crippen molar-refractivity contribution in [2.24, 2.45) is 5.41 Å². The van der Waals surface area contributed by atoms with Crippen LogP contribution in [0, 0.1) is 5.41 Å². The van der Waals surface area contributed by atoms with E-state index >= 15 is 0 Å². The molecule has 0 saturated heterocycles. The van der Waals surface area contributed by atoms with Crippen LogP contribution in [0.3, 0.4) is 0 Å². The number of anilines is 1. The molecule has 20 heavy (non-hydrogen) atoms. The normalized spacial score (nSPS) is 17.2. The second kappa shape index (κ2) is 6.08. The van der Waals surface area contributed by atoms with E-state index in [0.29, 0.717) is 0 Å². The van der Waals surface area contributed by atoms with Crippen molar-refractivity contribution >= 4 is 5.82 Å². The fourth-order valence-electron chi connectivity index (χ4n) is 2.96. The summed E-state index contributed by atoms with van der Waals surface area (Å²) in [5.41, 5.74) is 2.50. The maximum atomic E-state index is 5.67. The van der Waals surface area contributed by atoms with Crippen LogP contribution in [0.1, 0.15) is 63.2 Å². The number of nitrogens with one attached hydrogen (secondary N) is 1. The SMILES string of the molecule is CNc1nc(C(OC)C(C)(C)C)nc2c1CCCCC2. The molecule has 0 radical (unpaired) electrons. The Labute approximate surface area is 122 Å². The van der Waals surface area contributed by atoms with Crippen LogP contribution >= 0.6 is 0 Å². The van der Waals surface area contributed by atoms with Gasteiger partial charge in [0.2, 0.25) is 0 Å². The second-order valence-corrected chi connectivity index (χ2v) is 6.65. The third-order valence-corrected chi connectivity index (χ3v) is 3.94. The van der Waals surface area contributed by atoms with Gasteiger partial charge in [0.25, 0.3) is 0 Å². The minimum Gasteiger partial charge on any atom is -0.373 e. The van der Waals surface area contributed by atoms with Crippen molar-refractivity contribution < 1.29 is 4.74 Å². The second-order valence-electron chi connectivity index (χ2n) is 6.65. The van der Waals surface area contributed by atoms with E-state index in [9.17, 15) is 0 Å². The van der Waals surface area contributed by atoms with Crippen LogP contribution in [0.5, 0.6) is 0 Å². The van der Waals surface area contributed by atoms with Gasteiger partial charge in [-0.25, -0.2) is 9.97 Å². The fourth-order valence-corrected chi connectivity index (χ4v) is 2.96. The summed E-state index contributed by atoms with van der Waals surface area (Å²) in [6, 6.07) is 0. The van der Waals surface area contributed by atoms with Gasteiger partial charge in [-0.05, 0) is 31.1 Å². The zero-order chi connectivity index (χ0) is 14.8. The molecule has 0 amide bonds. The van der Waals surface area contributed by atoms with Crippen LogP contribution in [0.25, 0.3) is 0 Å². The summed E-state index contributed by atoms with van der Waals surface area (Å²) in [4.78, 5) is 9.58. The highest BCUT2D eigenvalue weighted by Crippen LogP contribution is 2.35. The van der Waals surface area contributed by atoms with Gasteiger partial charge in [-0.2, -0.15) is 0 Å². The Morgan fingerprint density at radius 3 is 2.40 bits per heavy atom. The summed E-state index contributed by atoms with van der Waals surface area (Å²) in [5.74, 6) is 1.79. The first-order chi connectivity index (χ1) is 9.47. The van der Waals surface area contributed by atoms with Gasteiger partial charge in [0.15, 0.2) is 5.82 Å². The maximum absolute atomic E-state index is 5.67. The smallest absolute Gasteiger partial charge is 0.160 e. The molecule has 1 atom stereocenters. The Bertz CT molecular complexity index is 466. The van der Waals surface area contributed by atoms with E-state index in [1.54, 1.807) is 7.11 Å². The molecule has 1 aliphatic carbocycles. The minimum absolute atomic E-state index is 0.0152. The van der Waals surface area contributed by atoms with Crippen molar-refractivity contribution in [2.75, 3.05) is 19.5 Å². The lowest BCUT2D eigenvalue weighted by Gasteiger charge is -2.29. The zero-order valence-corrected chi connectivity index (χ0v) is 13.4. The van der Waals surface area contributed by atoms with Crippen LogP contribution in [-0.2, 0) is 17.6 Å². The molecule has 1 unspecified atom stereocenters. The molecular formula is C16H27N3O. The lowest BCUT2D eigenvalue weighted by Crippen LogP contribution is -2.24. The summed E-state index contributed by atoms with van der Waals surface area (Å²) in [6.07, 6.45) is 5.79. The third-order valence-electron chi connectivity index (χ3n) is 3.94. The lowest BCUT2D eigenvalue weighted by molar-refractivity contribution is 0.00859. The summed E-state index contributed by atoms with van der Waals surface area (Å²) >= 11 is 0. The molecule has 0 saturated carbocycles. The molecule has 1 aromatic rings. The van der Waals surface area contributed by atoms with Crippen LogP contribution < -0.4 is 5.32 Å². The van der Waals surface area contributed by atoms with E-state index in [4.69, 9.17) is 14.7 Å². The number of rotatable bonds is 3. The van der Waals surface area contributed by atoms with Gasteiger partial charge in [0, 0.05) is 25.4 Å². The van der Waals surface area contributed by atoms with Gasteiger partial charge in [-0.15, -0.1) is 0 Å². The van der Waals surface area contributed by atoms with Gasteiger partial charge in [0.1, 0.15) is 11.9 Å². The maximum Gasteiger partial charge on any atom is 0.160 e. The number of hydrogen-bond acceptors (Lipinski definition) is 4. The topological polar surface area (TPSA) is 47.0 Å². The molecule has 0 aliphatic heterocycles. The van der Waals surface area contributed by atoms with Crippen LogP contribution in [0.15, 0.2) is 0 Å². The van der Waals surface area contributed by atoms with Crippen molar-refractivity contribution in [1.29, 1.82) is 0 Å². The zero-order valence-electron chi connectivity index (χ0n) is 13.4. The number of fused-ring (bicyclic) bond motifs is 1. The Hall–Kier alpha value is -1.16. The van der Waals surface area contributed by atoms with Gasteiger partial charge in [0.05, 0.1) is 0 Å². The Morgan fingerprint density at radius 1 is 1.10 bits per heavy atom. The standard InChI is InChI=1S/C16H27N3O/c1-16(2,3)13(20-5)15-18-12-10-8-6-7-9-11(12)14(17-4)19-15/h13H,6-10H2,1-5H3,(H,17,18,19). The average molecular weight is 277 g/mol. The molecule has 1 aromatic heterocycles. The number of aryl methyl sites for hydroxylation is 1. The number of ether oxygens (including phenoxy) is 1. The Kier molecular flexibility index (Phi) is 4.63. The molecule has 112 valence electrons. The largest absolute Gasteiger partial charge is 0.373 e. The van der Waals surface area contributed by atoms with E-state index in [1.807, 2.05) is 7.05 Å². The van der Waals surface area contributed by atoms with E-state index < -0.39 is 0 Å². The highest BCUT2D eigenvalue weighted by atomic mass is 16.5. The molecule has 0 bridgehead atoms. The van der Waals surface area contributed by atoms with Crippen molar-refractivity contribution in [2.45, 2.75) is 59.0 Å². The predicted octanol–water partition coefficient (Wildman–Crippen LogP) is 3.52. The van der Waals surface area contributed by atoms with E-state index in [1.165, 1.54) is 30.5 Å². The molecule has 1 aliphatic rings. The summed E-state index contributed by atoms with van der Waals surface area (Å²) < 4.78 is 5.67. The van der Waals surface area contributed by atoms with Gasteiger partial charge in [-0.1, -0.05) is 27.2 Å². The van der Waals surface area contributed by atoms with E-state index in [2.05, 4.69) is 26.1 Å². The highest BCUT2D eigenvalue weighted by molar-refractivity contribution is 5.47. The van der Waals surface area contributed by atoms with Crippen LogP contribution in [-0.4, -0.2) is 24.1 Å². The van der Waals surface area contributed by atoms with Crippen molar-refractivity contribution in [1.82, 2.24) is 9.97 Å². The van der Waals surface area contributed by atoms with E-state index in [-0.39, 0.29) is 11.5 Å². The molecule has 4 nitrogen and oxygen atoms in total. The summed E-state index contributed by atoms with van der Waals surface area (Å²) in [6.45, 7) is 6.49. The molecule has 1 heterocycles. The Balaban J connectivity index is 2.47. The van der Waals surface area contributed by atoms with Crippen LogP contribution in [0.2, 0.25) is 0 Å². The predicted molar refractivity (Wildman–Crippen MR) is 82.0 cm³/mol. The summed E-state index contributed by atoms with van der Waals surface area (Å²) in [5, 5.41) is 3.25. The molecule has 0 aromatic carbocycles. The number of aromatic nitrogens is 2. The van der Waals surface area contributed by atoms with Crippen LogP contribution in [0.4, 0.5) is 5.82 Å². The molecule has 2 rings (SSSR count). The fraction of sp³-hybridized carbons (Fsp3) is 0.750. The van der Waals surface area contributed by atoms with Crippen molar-refractivity contribution in [3.8, 4) is 0 Å². The first kappa shape index (κ1) is 15.2. The van der Waals surface area contributed by atoms with Gasteiger partial charge < -0.3 is 10.1 Å². The monoisotopic (exact) mass is 277 g/mol. The van der Waals surface area contributed by atoms with E-state index in [0.717, 1.165) is 24.5 Å². The lowest BCUT2D eigenvalue weighted by atomic mass is 9.88. The quantitative estimate of drug-likeness (QED) is 0.859. The van der Waals surface area contributed by atoms with Gasteiger partial charge in [-0.3, -0.25) is 0 Å². The van der Waals surface area contributed by atoms with Crippen molar-refractivity contribution in [3.63, 3.8) is 0 Å². The first-order valence-electron chi connectivity index (χ1n) is 7.57. The van der Waals surface area contributed by atoms with Crippen molar-refractivity contribution in [3.05, 3.63) is 17.1 Å². The molecule has 0 spiro atoms. The van der Waals surface area contributed by atoms with Gasteiger partial charge >= 0.3 is 0 Å². The molecule has 0 fully saturated rings. The first-order valence-corrected chi connectivity index (χ1v) is 7.57. The number of methoxy groups -OCH3 is 1. The molecule has 4 heteroatoms.